The Kier molecular flexibility index (Phi) is 9.75. The van der Waals surface area contributed by atoms with Crippen LogP contribution in [0.5, 0.6) is 0 Å². The molecule has 4 nitrogen and oxygen atoms in total. The smallest absolute Gasteiger partial charge is 0.190 e. The van der Waals surface area contributed by atoms with Gasteiger partial charge in [-0.15, -0.1) is 10.2 Å². The second-order valence-electron chi connectivity index (χ2n) is 5.39. The monoisotopic (exact) mass is 299 g/mol. The summed E-state index contributed by atoms with van der Waals surface area (Å²) >= 11 is 1.56. The van der Waals surface area contributed by atoms with Crippen LogP contribution in [0.1, 0.15) is 64.7 Å². The van der Waals surface area contributed by atoms with Gasteiger partial charge < -0.3 is 9.67 Å². The van der Waals surface area contributed by atoms with E-state index in [1.807, 2.05) is 10.8 Å². The summed E-state index contributed by atoms with van der Waals surface area (Å²) in [4.78, 5) is 0. The molecule has 20 heavy (non-hydrogen) atoms. The topological polar surface area (TPSA) is 50.9 Å². The van der Waals surface area contributed by atoms with Crippen LogP contribution in [0.4, 0.5) is 0 Å². The summed E-state index contributed by atoms with van der Waals surface area (Å²) in [7, 11) is 0. The third-order valence-corrected chi connectivity index (χ3v) is 4.24. The molecular formula is C15H29N3OS. The van der Waals surface area contributed by atoms with Crippen LogP contribution in [0.25, 0.3) is 0 Å². The zero-order valence-corrected chi connectivity index (χ0v) is 13.7. The second kappa shape index (κ2) is 11.1. The van der Waals surface area contributed by atoms with Crippen molar-refractivity contribution in [1.82, 2.24) is 14.8 Å². The lowest BCUT2D eigenvalue weighted by molar-refractivity contribution is 0.137. The van der Waals surface area contributed by atoms with Gasteiger partial charge in [0, 0.05) is 0 Å². The van der Waals surface area contributed by atoms with Crippen molar-refractivity contribution in [3.63, 3.8) is 0 Å². The van der Waals surface area contributed by atoms with Crippen molar-refractivity contribution in [2.24, 2.45) is 0 Å². The third-order valence-electron chi connectivity index (χ3n) is 3.56. The molecule has 0 radical (unpaired) electrons. The quantitative estimate of drug-likeness (QED) is 0.470. The van der Waals surface area contributed by atoms with E-state index >= 15 is 0 Å². The van der Waals surface area contributed by atoms with Gasteiger partial charge in [0.15, 0.2) is 5.16 Å². The summed E-state index contributed by atoms with van der Waals surface area (Å²) in [6.07, 6.45) is 14.7. The van der Waals surface area contributed by atoms with Crippen LogP contribution in [0.3, 0.4) is 0 Å². The van der Waals surface area contributed by atoms with Gasteiger partial charge in [-0.05, 0) is 12.7 Å². The largest absolute Gasteiger partial charge is 0.391 e. The van der Waals surface area contributed by atoms with E-state index in [4.69, 9.17) is 0 Å². The van der Waals surface area contributed by atoms with Gasteiger partial charge in [-0.2, -0.15) is 0 Å². The molecule has 1 N–H and O–H groups in total. The maximum atomic E-state index is 10.0. The first-order valence-corrected chi connectivity index (χ1v) is 9.10. The van der Waals surface area contributed by atoms with Crippen molar-refractivity contribution >= 4 is 11.8 Å². The van der Waals surface area contributed by atoms with E-state index < -0.39 is 0 Å². The molecule has 0 bridgehead atoms. The van der Waals surface area contributed by atoms with E-state index in [1.165, 1.54) is 44.9 Å². The van der Waals surface area contributed by atoms with Gasteiger partial charge in [-0.25, -0.2) is 0 Å². The van der Waals surface area contributed by atoms with Gasteiger partial charge in [0.25, 0.3) is 0 Å². The Labute approximate surface area is 127 Å². The highest BCUT2D eigenvalue weighted by molar-refractivity contribution is 7.98. The van der Waals surface area contributed by atoms with Crippen LogP contribution in [-0.2, 0) is 6.54 Å². The Balaban J connectivity index is 2.01. The predicted octanol–water partition coefficient (Wildman–Crippen LogP) is 3.89. The fourth-order valence-corrected chi connectivity index (χ4v) is 2.84. The molecule has 1 heterocycles. The molecule has 1 aromatic heterocycles. The molecule has 0 fully saturated rings. The normalized spacial score (nSPS) is 12.8. The third kappa shape index (κ3) is 7.29. The maximum Gasteiger partial charge on any atom is 0.190 e. The van der Waals surface area contributed by atoms with Gasteiger partial charge in [-0.1, -0.05) is 70.1 Å². The fourth-order valence-electron chi connectivity index (χ4n) is 2.36. The average molecular weight is 299 g/mol. The van der Waals surface area contributed by atoms with Crippen molar-refractivity contribution in [1.29, 1.82) is 0 Å². The van der Waals surface area contributed by atoms with Crippen molar-refractivity contribution < 1.29 is 5.11 Å². The van der Waals surface area contributed by atoms with Crippen molar-refractivity contribution in [2.75, 3.05) is 6.26 Å². The zero-order chi connectivity index (χ0) is 14.6. The Morgan fingerprint density at radius 3 is 2.45 bits per heavy atom. The first kappa shape index (κ1) is 17.5. The molecule has 116 valence electrons. The summed E-state index contributed by atoms with van der Waals surface area (Å²) in [5, 5.41) is 18.8. The fraction of sp³-hybridized carbons (Fsp3) is 0.867. The van der Waals surface area contributed by atoms with Gasteiger partial charge in [0.05, 0.1) is 12.6 Å². The van der Waals surface area contributed by atoms with Crippen LogP contribution in [0.15, 0.2) is 11.5 Å². The van der Waals surface area contributed by atoms with Crippen LogP contribution < -0.4 is 0 Å². The first-order chi connectivity index (χ1) is 9.77. The molecule has 5 heteroatoms. The number of unbranched alkanes of at least 4 members (excludes halogenated alkanes) is 7. The highest BCUT2D eigenvalue weighted by Gasteiger charge is 2.08. The van der Waals surface area contributed by atoms with Gasteiger partial charge >= 0.3 is 0 Å². The molecule has 0 aromatic carbocycles. The Morgan fingerprint density at radius 1 is 1.15 bits per heavy atom. The highest BCUT2D eigenvalue weighted by Crippen LogP contribution is 2.14. The standard InChI is InChI=1S/C15H29N3OS/c1-3-4-5-6-7-8-9-10-11-14(19)12-18-13-16-17-15(18)20-2/h13-14,19H,3-12H2,1-2H3. The number of aromatic nitrogens is 3. The summed E-state index contributed by atoms with van der Waals surface area (Å²) in [5.74, 6) is 0. The lowest BCUT2D eigenvalue weighted by atomic mass is 10.1. The van der Waals surface area contributed by atoms with Crippen LogP contribution in [0.2, 0.25) is 0 Å². The molecule has 0 aliphatic heterocycles. The number of nitrogens with zero attached hydrogens (tertiary/aromatic N) is 3. The van der Waals surface area contributed by atoms with Gasteiger partial charge in [-0.3, -0.25) is 0 Å². The molecule has 0 saturated heterocycles. The molecule has 1 aromatic rings. The van der Waals surface area contributed by atoms with E-state index in [2.05, 4.69) is 17.1 Å². The van der Waals surface area contributed by atoms with Crippen LogP contribution in [0, 0.1) is 0 Å². The second-order valence-corrected chi connectivity index (χ2v) is 6.16. The maximum absolute atomic E-state index is 10.0. The predicted molar refractivity (Wildman–Crippen MR) is 85.0 cm³/mol. The van der Waals surface area contributed by atoms with E-state index in [0.717, 1.165) is 18.0 Å². The molecule has 0 aliphatic carbocycles. The summed E-state index contributed by atoms with van der Waals surface area (Å²) < 4.78 is 1.93. The van der Waals surface area contributed by atoms with Gasteiger partial charge in [0.2, 0.25) is 0 Å². The molecule has 0 amide bonds. The molecular weight excluding hydrogens is 270 g/mol. The number of rotatable bonds is 12. The molecule has 0 aliphatic rings. The molecule has 1 unspecified atom stereocenters. The van der Waals surface area contributed by atoms with E-state index in [0.29, 0.717) is 6.54 Å². The minimum absolute atomic E-state index is 0.281. The van der Waals surface area contributed by atoms with E-state index in [9.17, 15) is 5.11 Å². The zero-order valence-electron chi connectivity index (χ0n) is 12.9. The number of aliphatic hydroxyl groups excluding tert-OH is 1. The minimum atomic E-state index is -0.281. The van der Waals surface area contributed by atoms with Crippen molar-refractivity contribution in [3.8, 4) is 0 Å². The first-order valence-electron chi connectivity index (χ1n) is 7.87. The van der Waals surface area contributed by atoms with Crippen LogP contribution in [-0.4, -0.2) is 32.2 Å². The lowest BCUT2D eigenvalue weighted by Gasteiger charge is -2.12. The Bertz CT molecular complexity index is 344. The van der Waals surface area contributed by atoms with Crippen LogP contribution >= 0.6 is 11.8 Å². The Hall–Kier alpha value is -0.550. The number of hydrogen-bond acceptors (Lipinski definition) is 4. The Morgan fingerprint density at radius 2 is 1.80 bits per heavy atom. The van der Waals surface area contributed by atoms with Crippen molar-refractivity contribution in [2.45, 2.75) is 82.5 Å². The SMILES string of the molecule is CCCCCCCCCCC(O)Cn1cnnc1SC. The van der Waals surface area contributed by atoms with E-state index in [-0.39, 0.29) is 6.10 Å². The van der Waals surface area contributed by atoms with Gasteiger partial charge in [0.1, 0.15) is 6.33 Å². The average Bonchev–Trinajstić information content (AvgIpc) is 2.89. The summed E-state index contributed by atoms with van der Waals surface area (Å²) in [6, 6.07) is 0. The van der Waals surface area contributed by atoms with E-state index in [1.54, 1.807) is 18.1 Å². The molecule has 1 atom stereocenters. The van der Waals surface area contributed by atoms with Crippen molar-refractivity contribution in [3.05, 3.63) is 6.33 Å². The summed E-state index contributed by atoms with van der Waals surface area (Å²) in [6.45, 7) is 2.86. The molecule has 1 rings (SSSR count). The molecule has 0 spiro atoms. The molecule has 0 saturated carbocycles. The number of hydrogen-bond donors (Lipinski definition) is 1. The number of aliphatic hydroxyl groups is 1. The highest BCUT2D eigenvalue weighted by atomic mass is 32.2. The minimum Gasteiger partial charge on any atom is -0.391 e. The lowest BCUT2D eigenvalue weighted by Crippen LogP contribution is -2.16. The number of thioether (sulfide) groups is 1. The summed E-state index contributed by atoms with van der Waals surface area (Å²) in [5.41, 5.74) is 0.